The maximum Gasteiger partial charge on any atom is 0.220 e. The first kappa shape index (κ1) is 17.0. The molecule has 0 aromatic carbocycles. The van der Waals surface area contributed by atoms with Gasteiger partial charge in [0.05, 0.1) is 26.5 Å². The second-order valence-electron chi connectivity index (χ2n) is 5.15. The van der Waals surface area contributed by atoms with Crippen LogP contribution in [0.25, 0.3) is 5.65 Å². The molecule has 24 heavy (non-hydrogen) atoms. The zero-order valence-electron chi connectivity index (χ0n) is 12.5. The van der Waals surface area contributed by atoms with Gasteiger partial charge < -0.3 is 9.72 Å². The molecule has 0 radical (unpaired) electrons. The van der Waals surface area contributed by atoms with Crippen LogP contribution in [0.4, 0.5) is 0 Å². The lowest BCUT2D eigenvalue weighted by Gasteiger charge is -2.02. The third-order valence-electron chi connectivity index (χ3n) is 3.36. The summed E-state index contributed by atoms with van der Waals surface area (Å²) in [4.78, 5) is 28.8. The van der Waals surface area contributed by atoms with Crippen LogP contribution in [0.3, 0.4) is 0 Å². The molecule has 0 spiro atoms. The number of thiophene rings is 1. The van der Waals surface area contributed by atoms with Gasteiger partial charge in [0, 0.05) is 25.2 Å². The molecule has 0 fully saturated rings. The minimum absolute atomic E-state index is 0.0792. The maximum absolute atomic E-state index is 11.9. The number of rotatable bonds is 6. The summed E-state index contributed by atoms with van der Waals surface area (Å²) in [5.74, 6) is -0.273. The number of Topliss-reactive ketones (excluding diaryl/α,β-unsaturated/α-hetero) is 1. The van der Waals surface area contributed by atoms with E-state index >= 15 is 0 Å². The van der Waals surface area contributed by atoms with Crippen LogP contribution >= 0.6 is 34.5 Å². The first-order chi connectivity index (χ1) is 11.5. The van der Waals surface area contributed by atoms with Crippen molar-refractivity contribution < 1.29 is 9.59 Å². The van der Waals surface area contributed by atoms with E-state index in [1.165, 1.54) is 11.3 Å². The first-order valence-corrected chi connectivity index (χ1v) is 8.77. The summed E-state index contributed by atoms with van der Waals surface area (Å²) in [6.45, 7) is 0.303. The van der Waals surface area contributed by atoms with Gasteiger partial charge in [0.25, 0.3) is 0 Å². The van der Waals surface area contributed by atoms with E-state index in [-0.39, 0.29) is 24.5 Å². The molecule has 0 saturated heterocycles. The lowest BCUT2D eigenvalue weighted by Crippen LogP contribution is -2.23. The summed E-state index contributed by atoms with van der Waals surface area (Å²) in [7, 11) is 0. The van der Waals surface area contributed by atoms with Crippen molar-refractivity contribution in [3.8, 4) is 0 Å². The predicted molar refractivity (Wildman–Crippen MR) is 94.9 cm³/mol. The van der Waals surface area contributed by atoms with Crippen molar-refractivity contribution in [1.29, 1.82) is 0 Å². The van der Waals surface area contributed by atoms with Gasteiger partial charge in [-0.05, 0) is 24.3 Å². The normalized spacial score (nSPS) is 10.9. The molecular weight excluding hydrogens is 369 g/mol. The largest absolute Gasteiger partial charge is 0.350 e. The summed E-state index contributed by atoms with van der Waals surface area (Å²) in [5, 5.41) is 3.38. The fourth-order valence-electron chi connectivity index (χ4n) is 2.19. The fourth-order valence-corrected chi connectivity index (χ4v) is 3.37. The number of nitrogens with zero attached hydrogens (tertiary/aromatic N) is 2. The number of hydrogen-bond acceptors (Lipinski definition) is 4. The number of pyridine rings is 1. The quantitative estimate of drug-likeness (QED) is 0.656. The van der Waals surface area contributed by atoms with Crippen LogP contribution in [0.15, 0.2) is 36.7 Å². The molecule has 1 N–H and O–H groups in total. The van der Waals surface area contributed by atoms with Crippen molar-refractivity contribution in [2.75, 3.05) is 0 Å². The highest BCUT2D eigenvalue weighted by Gasteiger charge is 2.12. The molecule has 3 aromatic rings. The number of nitrogens with one attached hydrogen (secondary N) is 1. The highest BCUT2D eigenvalue weighted by atomic mass is 35.5. The molecule has 0 atom stereocenters. The van der Waals surface area contributed by atoms with Crippen molar-refractivity contribution in [2.24, 2.45) is 0 Å². The number of halogens is 2. The van der Waals surface area contributed by atoms with Gasteiger partial charge in [-0.1, -0.05) is 23.2 Å². The molecular formula is C16H13Cl2N3O2S. The average Bonchev–Trinajstić information content (AvgIpc) is 3.16. The SMILES string of the molecule is O=C(CCC(=O)c1ccc(Cl)s1)NCc1cn2cc(Cl)ccc2n1. The molecule has 0 aliphatic rings. The summed E-state index contributed by atoms with van der Waals surface area (Å²) >= 11 is 12.9. The molecule has 0 aliphatic heterocycles. The molecule has 3 rings (SSSR count). The Balaban J connectivity index is 1.50. The molecule has 3 heterocycles. The molecule has 1 amide bonds. The number of carbonyl (C=O) groups excluding carboxylic acids is 2. The van der Waals surface area contributed by atoms with Crippen molar-refractivity contribution in [1.82, 2.24) is 14.7 Å². The van der Waals surface area contributed by atoms with Crippen LogP contribution in [0.2, 0.25) is 9.36 Å². The van der Waals surface area contributed by atoms with E-state index in [2.05, 4.69) is 10.3 Å². The van der Waals surface area contributed by atoms with Gasteiger partial charge >= 0.3 is 0 Å². The van der Waals surface area contributed by atoms with Crippen LogP contribution in [-0.2, 0) is 11.3 Å². The molecule has 3 aromatic heterocycles. The molecule has 8 heteroatoms. The van der Waals surface area contributed by atoms with E-state index < -0.39 is 0 Å². The number of fused-ring (bicyclic) bond motifs is 1. The standard InChI is InChI=1S/C16H13Cl2N3O2S/c17-10-1-5-15-20-11(9-21(15)8-10)7-19-16(23)6-2-12(22)13-3-4-14(18)24-13/h1,3-5,8-9H,2,6-7H2,(H,19,23). The van der Waals surface area contributed by atoms with Crippen LogP contribution in [0, 0.1) is 0 Å². The smallest absolute Gasteiger partial charge is 0.220 e. The lowest BCUT2D eigenvalue weighted by molar-refractivity contribution is -0.121. The summed E-state index contributed by atoms with van der Waals surface area (Å²) in [5.41, 5.74) is 1.48. The van der Waals surface area contributed by atoms with Gasteiger partial charge in [-0.2, -0.15) is 0 Å². The van der Waals surface area contributed by atoms with E-state index in [0.29, 0.717) is 20.8 Å². The lowest BCUT2D eigenvalue weighted by atomic mass is 10.2. The number of aromatic nitrogens is 2. The van der Waals surface area contributed by atoms with E-state index in [0.717, 1.165) is 11.3 Å². The van der Waals surface area contributed by atoms with E-state index in [4.69, 9.17) is 23.2 Å². The fraction of sp³-hybridized carbons (Fsp3) is 0.188. The first-order valence-electron chi connectivity index (χ1n) is 7.19. The maximum atomic E-state index is 11.9. The summed E-state index contributed by atoms with van der Waals surface area (Å²) < 4.78 is 2.36. The zero-order valence-corrected chi connectivity index (χ0v) is 14.8. The van der Waals surface area contributed by atoms with Gasteiger partial charge in [0.15, 0.2) is 5.78 Å². The molecule has 0 unspecified atom stereocenters. The van der Waals surface area contributed by atoms with E-state index in [9.17, 15) is 9.59 Å². The topological polar surface area (TPSA) is 63.5 Å². The highest BCUT2D eigenvalue weighted by Crippen LogP contribution is 2.22. The highest BCUT2D eigenvalue weighted by molar-refractivity contribution is 7.18. The summed E-state index contributed by atoms with van der Waals surface area (Å²) in [6, 6.07) is 6.91. The second kappa shape index (κ2) is 7.34. The van der Waals surface area contributed by atoms with Gasteiger partial charge in [0.2, 0.25) is 5.91 Å². The predicted octanol–water partition coefficient (Wildman–Crippen LogP) is 3.98. The van der Waals surface area contributed by atoms with Crippen molar-refractivity contribution in [3.05, 3.63) is 56.6 Å². The average molecular weight is 382 g/mol. The van der Waals surface area contributed by atoms with Gasteiger partial charge in [-0.3, -0.25) is 9.59 Å². The molecule has 0 saturated carbocycles. The third kappa shape index (κ3) is 4.14. The monoisotopic (exact) mass is 381 g/mol. The molecule has 5 nitrogen and oxygen atoms in total. The Bertz CT molecular complexity index is 904. The number of imidazole rings is 1. The Morgan fingerprint density at radius 3 is 2.71 bits per heavy atom. The van der Waals surface area contributed by atoms with E-state index in [1.54, 1.807) is 41.1 Å². The Morgan fingerprint density at radius 1 is 1.12 bits per heavy atom. The Morgan fingerprint density at radius 2 is 1.96 bits per heavy atom. The number of carbonyl (C=O) groups is 2. The summed E-state index contributed by atoms with van der Waals surface area (Å²) in [6.07, 6.45) is 3.84. The minimum atomic E-state index is -0.193. The van der Waals surface area contributed by atoms with Crippen LogP contribution in [-0.4, -0.2) is 21.1 Å². The Hall–Kier alpha value is -1.89. The number of hydrogen-bond donors (Lipinski definition) is 1. The molecule has 0 aliphatic carbocycles. The van der Waals surface area contributed by atoms with Crippen molar-refractivity contribution in [2.45, 2.75) is 19.4 Å². The third-order valence-corrected chi connectivity index (χ3v) is 4.85. The number of ketones is 1. The van der Waals surface area contributed by atoms with E-state index in [1.807, 2.05) is 0 Å². The Labute approximate surface area is 152 Å². The van der Waals surface area contributed by atoms with Crippen LogP contribution in [0.5, 0.6) is 0 Å². The minimum Gasteiger partial charge on any atom is -0.350 e. The molecule has 0 bridgehead atoms. The zero-order chi connectivity index (χ0) is 17.1. The number of amides is 1. The Kier molecular flexibility index (Phi) is 5.18. The van der Waals surface area contributed by atoms with Gasteiger partial charge in [0.1, 0.15) is 5.65 Å². The second-order valence-corrected chi connectivity index (χ2v) is 7.30. The molecule has 124 valence electrons. The van der Waals surface area contributed by atoms with Gasteiger partial charge in [-0.15, -0.1) is 11.3 Å². The van der Waals surface area contributed by atoms with Crippen molar-refractivity contribution in [3.63, 3.8) is 0 Å². The van der Waals surface area contributed by atoms with Crippen LogP contribution in [0.1, 0.15) is 28.2 Å². The van der Waals surface area contributed by atoms with Crippen molar-refractivity contribution >= 4 is 51.9 Å². The van der Waals surface area contributed by atoms with Gasteiger partial charge in [-0.25, -0.2) is 4.98 Å². The van der Waals surface area contributed by atoms with Crippen LogP contribution < -0.4 is 5.32 Å².